The number of benzene rings is 1. The summed E-state index contributed by atoms with van der Waals surface area (Å²) >= 11 is 3.44. The number of amides is 1. The minimum Gasteiger partial charge on any atom is -0.300 e. The first-order chi connectivity index (χ1) is 9.97. The Labute approximate surface area is 134 Å². The summed E-state index contributed by atoms with van der Waals surface area (Å²) in [5.41, 5.74) is 5.48. The van der Waals surface area contributed by atoms with Gasteiger partial charge in [-0.1, -0.05) is 22.0 Å². The second kappa shape index (κ2) is 7.18. The molecular formula is C16H22BrN3O. The number of hydrogen-bond acceptors (Lipinski definition) is 3. The molecule has 1 N–H and O–H groups in total. The van der Waals surface area contributed by atoms with Gasteiger partial charge >= 0.3 is 0 Å². The first-order valence-electron chi connectivity index (χ1n) is 7.33. The fraction of sp³-hybridized carbons (Fsp3) is 0.500. The van der Waals surface area contributed by atoms with Crippen molar-refractivity contribution >= 4 is 27.5 Å². The Kier molecular flexibility index (Phi) is 5.53. The summed E-state index contributed by atoms with van der Waals surface area (Å²) in [6, 6.07) is 6.14. The number of nitrogens with one attached hydrogen (secondary N) is 1. The Hall–Kier alpha value is -1.20. The maximum atomic E-state index is 12.1. The van der Waals surface area contributed by atoms with Gasteiger partial charge in [0.15, 0.2) is 0 Å². The Morgan fingerprint density at radius 1 is 1.33 bits per heavy atom. The van der Waals surface area contributed by atoms with Crippen LogP contribution >= 0.6 is 15.9 Å². The van der Waals surface area contributed by atoms with Gasteiger partial charge in [0.05, 0.1) is 0 Å². The van der Waals surface area contributed by atoms with Gasteiger partial charge in [0.1, 0.15) is 0 Å². The predicted octanol–water partition coefficient (Wildman–Crippen LogP) is 3.35. The van der Waals surface area contributed by atoms with E-state index < -0.39 is 0 Å². The molecule has 1 heterocycles. The van der Waals surface area contributed by atoms with E-state index >= 15 is 0 Å². The lowest BCUT2D eigenvalue weighted by atomic mass is 10.1. The van der Waals surface area contributed by atoms with E-state index in [1.807, 2.05) is 25.1 Å². The van der Waals surface area contributed by atoms with Gasteiger partial charge in [-0.2, -0.15) is 5.10 Å². The minimum atomic E-state index is -0.158. The maximum Gasteiger partial charge on any atom is 0.271 e. The number of carbonyl (C=O) groups excluding carboxylic acids is 1. The summed E-state index contributed by atoms with van der Waals surface area (Å²) in [5.74, 6) is -0.158. The molecule has 114 valence electrons. The molecule has 0 aromatic heterocycles. The van der Waals surface area contributed by atoms with Crippen molar-refractivity contribution in [1.29, 1.82) is 0 Å². The molecule has 0 bridgehead atoms. The molecule has 0 spiro atoms. The average Bonchev–Trinajstić information content (AvgIpc) is 2.48. The normalized spacial score (nSPS) is 16.1. The molecule has 4 nitrogen and oxygen atoms in total. The lowest BCUT2D eigenvalue weighted by molar-refractivity contribution is 0.0954. The van der Waals surface area contributed by atoms with Gasteiger partial charge in [-0.15, -0.1) is 0 Å². The highest BCUT2D eigenvalue weighted by Crippen LogP contribution is 2.17. The van der Waals surface area contributed by atoms with Crippen LogP contribution in [-0.2, 0) is 0 Å². The van der Waals surface area contributed by atoms with E-state index in [-0.39, 0.29) is 5.91 Å². The molecule has 0 radical (unpaired) electrons. The number of hydrazone groups is 1. The molecule has 1 aromatic rings. The molecule has 1 fully saturated rings. The molecule has 21 heavy (non-hydrogen) atoms. The number of piperidine rings is 1. The van der Waals surface area contributed by atoms with E-state index in [1.165, 1.54) is 0 Å². The molecule has 1 saturated heterocycles. The van der Waals surface area contributed by atoms with Crippen molar-refractivity contribution in [3.8, 4) is 0 Å². The zero-order valence-corrected chi connectivity index (χ0v) is 14.4. The molecule has 1 aliphatic rings. The molecule has 0 atom stereocenters. The van der Waals surface area contributed by atoms with Gasteiger partial charge in [0.2, 0.25) is 0 Å². The van der Waals surface area contributed by atoms with Crippen LogP contribution in [0.2, 0.25) is 0 Å². The largest absolute Gasteiger partial charge is 0.300 e. The molecule has 0 aliphatic carbocycles. The third-order valence-corrected chi connectivity index (χ3v) is 4.71. The van der Waals surface area contributed by atoms with Gasteiger partial charge in [0.25, 0.3) is 5.91 Å². The highest BCUT2D eigenvalue weighted by Gasteiger charge is 2.17. The zero-order valence-electron chi connectivity index (χ0n) is 12.8. The monoisotopic (exact) mass is 351 g/mol. The van der Waals surface area contributed by atoms with E-state index in [2.05, 4.69) is 45.2 Å². The zero-order chi connectivity index (χ0) is 15.4. The lowest BCUT2D eigenvalue weighted by Gasteiger charge is -2.30. The van der Waals surface area contributed by atoms with E-state index in [0.29, 0.717) is 11.6 Å². The summed E-state index contributed by atoms with van der Waals surface area (Å²) in [6.45, 7) is 8.44. The number of halogens is 1. The van der Waals surface area contributed by atoms with Crippen molar-refractivity contribution in [2.45, 2.75) is 39.7 Å². The molecular weight excluding hydrogens is 330 g/mol. The van der Waals surface area contributed by atoms with Crippen LogP contribution in [0.15, 0.2) is 27.8 Å². The van der Waals surface area contributed by atoms with Crippen LogP contribution in [0.25, 0.3) is 0 Å². The highest BCUT2D eigenvalue weighted by molar-refractivity contribution is 9.10. The second-order valence-electron chi connectivity index (χ2n) is 5.71. The van der Waals surface area contributed by atoms with Crippen LogP contribution in [-0.4, -0.2) is 35.7 Å². The second-order valence-corrected chi connectivity index (χ2v) is 6.57. The Morgan fingerprint density at radius 2 is 2.00 bits per heavy atom. The molecule has 0 unspecified atom stereocenters. The molecule has 1 amide bonds. The van der Waals surface area contributed by atoms with Crippen LogP contribution in [0.1, 0.15) is 42.6 Å². The Morgan fingerprint density at radius 3 is 2.57 bits per heavy atom. The number of hydrogen-bond donors (Lipinski definition) is 1. The number of carbonyl (C=O) groups is 1. The number of aryl methyl sites for hydroxylation is 1. The van der Waals surface area contributed by atoms with Gasteiger partial charge in [-0.3, -0.25) is 4.79 Å². The number of rotatable bonds is 3. The van der Waals surface area contributed by atoms with Gasteiger partial charge in [0, 0.05) is 47.7 Å². The van der Waals surface area contributed by atoms with Gasteiger partial charge in [-0.05, 0) is 38.5 Å². The standard InChI is InChI=1S/C16H22BrN3O/c1-11(2)20-8-6-14(7-9-20)18-19-16(21)13-5-4-12(3)15(17)10-13/h4-5,10-11H,6-9H2,1-3H3,(H,19,21). The number of likely N-dealkylation sites (tertiary alicyclic amines) is 1. The summed E-state index contributed by atoms with van der Waals surface area (Å²) < 4.78 is 0.938. The minimum absolute atomic E-state index is 0.158. The summed E-state index contributed by atoms with van der Waals surface area (Å²) in [6.07, 6.45) is 1.85. The predicted molar refractivity (Wildman–Crippen MR) is 89.7 cm³/mol. The Bertz CT molecular complexity index is 544. The third kappa shape index (κ3) is 4.38. The van der Waals surface area contributed by atoms with Crippen LogP contribution < -0.4 is 5.43 Å². The van der Waals surface area contributed by atoms with Gasteiger partial charge < -0.3 is 4.90 Å². The summed E-state index contributed by atoms with van der Waals surface area (Å²) in [5, 5.41) is 4.28. The Balaban J connectivity index is 1.92. The van der Waals surface area contributed by atoms with Crippen molar-refractivity contribution in [2.24, 2.45) is 5.10 Å². The summed E-state index contributed by atoms with van der Waals surface area (Å²) in [7, 11) is 0. The van der Waals surface area contributed by atoms with Crippen LogP contribution in [0.3, 0.4) is 0 Å². The highest BCUT2D eigenvalue weighted by atomic mass is 79.9. The average molecular weight is 352 g/mol. The topological polar surface area (TPSA) is 44.7 Å². The fourth-order valence-corrected chi connectivity index (χ4v) is 2.72. The van der Waals surface area contributed by atoms with Crippen molar-refractivity contribution < 1.29 is 4.79 Å². The first kappa shape index (κ1) is 16.2. The van der Waals surface area contributed by atoms with Crippen LogP contribution in [0, 0.1) is 6.92 Å². The number of nitrogens with zero attached hydrogens (tertiary/aromatic N) is 2. The smallest absolute Gasteiger partial charge is 0.271 e. The fourth-order valence-electron chi connectivity index (χ4n) is 2.34. The molecule has 0 saturated carbocycles. The molecule has 5 heteroatoms. The van der Waals surface area contributed by atoms with Crippen molar-refractivity contribution in [3.63, 3.8) is 0 Å². The quantitative estimate of drug-likeness (QED) is 0.848. The molecule has 1 aromatic carbocycles. The third-order valence-electron chi connectivity index (χ3n) is 3.86. The van der Waals surface area contributed by atoms with Crippen LogP contribution in [0.4, 0.5) is 0 Å². The summed E-state index contributed by atoms with van der Waals surface area (Å²) in [4.78, 5) is 14.5. The molecule has 2 rings (SSSR count). The van der Waals surface area contributed by atoms with Crippen molar-refractivity contribution in [3.05, 3.63) is 33.8 Å². The lowest BCUT2D eigenvalue weighted by Crippen LogP contribution is -2.39. The van der Waals surface area contributed by atoms with E-state index in [9.17, 15) is 4.79 Å². The first-order valence-corrected chi connectivity index (χ1v) is 8.12. The van der Waals surface area contributed by atoms with Crippen molar-refractivity contribution in [2.75, 3.05) is 13.1 Å². The van der Waals surface area contributed by atoms with E-state index in [1.54, 1.807) is 0 Å². The maximum absolute atomic E-state index is 12.1. The molecule has 1 aliphatic heterocycles. The van der Waals surface area contributed by atoms with E-state index in [0.717, 1.165) is 41.7 Å². The van der Waals surface area contributed by atoms with E-state index in [4.69, 9.17) is 0 Å². The van der Waals surface area contributed by atoms with Crippen molar-refractivity contribution in [1.82, 2.24) is 10.3 Å². The SMILES string of the molecule is Cc1ccc(C(=O)NN=C2CCN(C(C)C)CC2)cc1Br. The van der Waals surface area contributed by atoms with Gasteiger partial charge in [-0.25, -0.2) is 5.43 Å². The van der Waals surface area contributed by atoms with Crippen LogP contribution in [0.5, 0.6) is 0 Å².